The molecule has 0 aliphatic carbocycles. The average molecular weight is 481 g/mol. The average Bonchev–Trinajstić information content (AvgIpc) is 3.13. The third-order valence-corrected chi connectivity index (χ3v) is 7.76. The molecule has 33 heavy (non-hydrogen) atoms. The van der Waals surface area contributed by atoms with Crippen LogP contribution in [0.15, 0.2) is 36.4 Å². The van der Waals surface area contributed by atoms with Crippen molar-refractivity contribution < 1.29 is 23.7 Å². The molecule has 0 N–H and O–H groups in total. The molecule has 174 valence electrons. The summed E-state index contributed by atoms with van der Waals surface area (Å²) < 4.78 is 29.9. The van der Waals surface area contributed by atoms with Crippen molar-refractivity contribution in [2.45, 2.75) is 62.7 Å². The Morgan fingerprint density at radius 3 is 1.45 bits per heavy atom. The van der Waals surface area contributed by atoms with Crippen molar-refractivity contribution in [3.8, 4) is 23.0 Å². The van der Waals surface area contributed by atoms with Crippen LogP contribution in [0.3, 0.4) is 0 Å². The molecule has 2 aromatic carbocycles. The second kappa shape index (κ2) is 11.9. The second-order valence-corrected chi connectivity index (χ2v) is 9.79. The summed E-state index contributed by atoms with van der Waals surface area (Å²) in [4.78, 5) is 0. The Hall–Kier alpha value is -1.34. The van der Waals surface area contributed by atoms with E-state index in [2.05, 4.69) is 58.6 Å². The van der Waals surface area contributed by atoms with E-state index >= 15 is 0 Å². The Morgan fingerprint density at radius 1 is 0.727 bits per heavy atom. The second-order valence-electron chi connectivity index (χ2n) is 8.84. The van der Waals surface area contributed by atoms with Gasteiger partial charge in [-0.25, -0.2) is 0 Å². The van der Waals surface area contributed by atoms with Crippen molar-refractivity contribution >= 4 is 32.6 Å². The van der Waals surface area contributed by atoms with Gasteiger partial charge in [-0.1, -0.05) is 36.5 Å². The predicted octanol–water partition coefficient (Wildman–Crippen LogP) is 5.50. The molecule has 3 rings (SSSR count). The number of benzene rings is 2. The molecule has 5 nitrogen and oxygen atoms in total. The monoisotopic (exact) mass is 480 g/mol. The molecule has 0 spiro atoms. The van der Waals surface area contributed by atoms with E-state index in [1.807, 2.05) is 38.1 Å². The quantitative estimate of drug-likeness (QED) is 0.421. The number of methoxy groups -OCH3 is 2. The number of rotatable bonds is 10. The van der Waals surface area contributed by atoms with Crippen LogP contribution in [0.1, 0.15) is 51.0 Å². The maximum absolute atomic E-state index is 6.64. The summed E-state index contributed by atoms with van der Waals surface area (Å²) in [5, 5.41) is 1.72. The highest BCUT2D eigenvalue weighted by molar-refractivity contribution is 6.09. The van der Waals surface area contributed by atoms with E-state index in [1.165, 1.54) is 0 Å². The van der Waals surface area contributed by atoms with Gasteiger partial charge in [-0.05, 0) is 61.1 Å². The predicted molar refractivity (Wildman–Crippen MR) is 132 cm³/mol. The van der Waals surface area contributed by atoms with Crippen LogP contribution in [-0.2, 0) is 4.74 Å². The van der Waals surface area contributed by atoms with E-state index in [-0.39, 0.29) is 24.4 Å². The zero-order valence-corrected chi connectivity index (χ0v) is 22.8. The summed E-state index contributed by atoms with van der Waals surface area (Å²) in [5.74, 6) is 3.64. The van der Waals surface area contributed by atoms with E-state index in [0.29, 0.717) is 11.8 Å². The maximum atomic E-state index is 6.64. The fourth-order valence-corrected chi connectivity index (χ4v) is 4.36. The van der Waals surface area contributed by atoms with Gasteiger partial charge in [0.15, 0.2) is 23.0 Å². The van der Waals surface area contributed by atoms with Crippen molar-refractivity contribution in [1.82, 2.24) is 0 Å². The first-order chi connectivity index (χ1) is 15.8. The summed E-state index contributed by atoms with van der Waals surface area (Å²) in [5.41, 5.74) is 2.20. The van der Waals surface area contributed by atoms with E-state index in [0.717, 1.165) is 44.7 Å². The molecule has 1 heterocycles. The fraction of sp³-hybridized carbons (Fsp3) is 0.538. The number of hydrogen-bond acceptors (Lipinski definition) is 5. The van der Waals surface area contributed by atoms with E-state index < -0.39 is 0 Å². The summed E-state index contributed by atoms with van der Waals surface area (Å²) in [6.07, 6.45) is 0.126. The van der Waals surface area contributed by atoms with Crippen LogP contribution in [0.4, 0.5) is 0 Å². The maximum Gasteiger partial charge on any atom is 0.161 e. The Kier molecular flexibility index (Phi) is 9.46. The Bertz CT molecular complexity index is 848. The lowest BCUT2D eigenvalue weighted by Crippen LogP contribution is -2.12. The van der Waals surface area contributed by atoms with Crippen LogP contribution >= 0.6 is 0 Å². The van der Waals surface area contributed by atoms with Crippen LogP contribution in [0.5, 0.6) is 23.0 Å². The lowest BCUT2D eigenvalue weighted by atomic mass is 9.85. The minimum atomic E-state index is -0.0360. The lowest BCUT2D eigenvalue weighted by Gasteiger charge is -2.21. The van der Waals surface area contributed by atoms with Gasteiger partial charge in [0.2, 0.25) is 0 Å². The Labute approximate surface area is 214 Å². The SMILES string of the molecule is COc1cc([C@H]2OC(c3ccc(O[C@H](C)[CH2][Al])c(OC)c3)C(C)[C@H]2C)ccc1OC(C)[CH2][Al]. The van der Waals surface area contributed by atoms with Crippen molar-refractivity contribution in [2.75, 3.05) is 14.2 Å². The molecule has 4 radical (unpaired) electrons. The highest BCUT2D eigenvalue weighted by atomic mass is 27.0. The van der Waals surface area contributed by atoms with Gasteiger partial charge in [0.05, 0.1) is 38.6 Å². The molecule has 2 aromatic rings. The summed E-state index contributed by atoms with van der Waals surface area (Å²) >= 11 is 5.42. The summed E-state index contributed by atoms with van der Waals surface area (Å²) in [6, 6.07) is 12.2. The first-order valence-corrected chi connectivity index (χ1v) is 13.2. The third-order valence-electron chi connectivity index (χ3n) is 6.43. The van der Waals surface area contributed by atoms with Crippen molar-refractivity contribution in [2.24, 2.45) is 11.8 Å². The molecule has 1 aliphatic heterocycles. The molecule has 0 bridgehead atoms. The van der Waals surface area contributed by atoms with Gasteiger partial charge >= 0.3 is 0 Å². The largest absolute Gasteiger partial charge is 0.493 e. The first kappa shape index (κ1) is 26.3. The van der Waals surface area contributed by atoms with E-state index in [1.54, 1.807) is 14.2 Å². The minimum absolute atomic E-state index is 0.0360. The molecule has 0 amide bonds. The number of hydrogen-bond donors (Lipinski definition) is 0. The highest BCUT2D eigenvalue weighted by Crippen LogP contribution is 2.50. The van der Waals surface area contributed by atoms with Crippen LogP contribution in [0, 0.1) is 11.8 Å². The highest BCUT2D eigenvalue weighted by Gasteiger charge is 2.41. The molecule has 6 atom stereocenters. The van der Waals surface area contributed by atoms with Gasteiger partial charge < -0.3 is 23.7 Å². The molecular formula is C26H34Al2O5. The molecule has 7 heteroatoms. The van der Waals surface area contributed by atoms with E-state index in [4.69, 9.17) is 23.7 Å². The van der Waals surface area contributed by atoms with Crippen LogP contribution in [0.25, 0.3) is 0 Å². The van der Waals surface area contributed by atoms with Gasteiger partial charge in [-0.3, -0.25) is 0 Å². The molecule has 3 unspecified atom stereocenters. The minimum Gasteiger partial charge on any atom is -0.493 e. The van der Waals surface area contributed by atoms with Crippen molar-refractivity contribution in [3.05, 3.63) is 47.5 Å². The van der Waals surface area contributed by atoms with Gasteiger partial charge in [0.1, 0.15) is 32.6 Å². The fourth-order valence-electron chi connectivity index (χ4n) is 4.17. The van der Waals surface area contributed by atoms with Crippen molar-refractivity contribution in [3.63, 3.8) is 0 Å². The van der Waals surface area contributed by atoms with Crippen LogP contribution < -0.4 is 18.9 Å². The normalized spacial score (nSPS) is 24.2. The zero-order chi connectivity index (χ0) is 24.1. The van der Waals surface area contributed by atoms with Gasteiger partial charge in [-0.15, -0.1) is 0 Å². The van der Waals surface area contributed by atoms with Gasteiger partial charge in [-0.2, -0.15) is 0 Å². The summed E-state index contributed by atoms with van der Waals surface area (Å²) in [6.45, 7) is 8.58. The molecular weight excluding hydrogens is 446 g/mol. The molecule has 0 aromatic heterocycles. The molecule has 0 saturated carbocycles. The smallest absolute Gasteiger partial charge is 0.161 e. The first-order valence-electron chi connectivity index (χ1n) is 11.6. The summed E-state index contributed by atoms with van der Waals surface area (Å²) in [7, 11) is 3.35. The van der Waals surface area contributed by atoms with Crippen molar-refractivity contribution in [1.29, 1.82) is 0 Å². The van der Waals surface area contributed by atoms with E-state index in [9.17, 15) is 0 Å². The molecule has 1 saturated heterocycles. The number of ether oxygens (including phenoxy) is 5. The lowest BCUT2D eigenvalue weighted by molar-refractivity contribution is 0.0287. The molecule has 1 fully saturated rings. The third kappa shape index (κ3) is 6.03. The van der Waals surface area contributed by atoms with Crippen LogP contribution in [-0.4, -0.2) is 59.0 Å². The topological polar surface area (TPSA) is 46.2 Å². The van der Waals surface area contributed by atoms with Gasteiger partial charge in [0.25, 0.3) is 0 Å². The molecule has 1 aliphatic rings. The van der Waals surface area contributed by atoms with Crippen LogP contribution in [0.2, 0.25) is 10.6 Å². The van der Waals surface area contributed by atoms with Gasteiger partial charge in [0, 0.05) is 0 Å². The Balaban J connectivity index is 1.84. The Morgan fingerprint density at radius 2 is 1.12 bits per heavy atom. The zero-order valence-electron chi connectivity index (χ0n) is 20.5. The standard InChI is InChI=1S/C26H34O5.2Al/c1-15(2)29-21-11-9-19(13-23(21)27-7)25-17(5)18(6)26(31-25)20-10-12-22(30-16(3)4)24(14-20)28-8;;/h9-18,25-26H,1,3H2,2,4-8H3;;/t15-,16?,17?,18+,25?,26-;;/m0../s1.